The molecule has 7 heteroatoms. The molecule has 7 nitrogen and oxygen atoms in total. The van der Waals surface area contributed by atoms with Crippen LogP contribution in [0.25, 0.3) is 11.3 Å². The second kappa shape index (κ2) is 6.17. The number of nitrogens with zero attached hydrogens (tertiary/aromatic N) is 3. The van der Waals surface area contributed by atoms with E-state index in [2.05, 4.69) is 9.97 Å². The van der Waals surface area contributed by atoms with Crippen LogP contribution in [0.1, 0.15) is 0 Å². The standard InChI is InChI=1S/C15H12N4O3/c20-15(22-13-5-3-12(18-21)4-6-13)19-9-14(17-10-19)11-2-1-7-16-8-11/h1-10,18,21H/p+1. The summed E-state index contributed by atoms with van der Waals surface area (Å²) in [5, 5.41) is 8.85. The lowest BCUT2D eigenvalue weighted by molar-refractivity contribution is -0.825. The second-order valence-corrected chi connectivity index (χ2v) is 4.47. The minimum atomic E-state index is -0.566. The van der Waals surface area contributed by atoms with Crippen molar-refractivity contribution in [3.8, 4) is 17.0 Å². The van der Waals surface area contributed by atoms with Gasteiger partial charge in [0.05, 0.1) is 5.69 Å². The predicted octanol–water partition coefficient (Wildman–Crippen LogP) is 1.58. The quantitative estimate of drug-likeness (QED) is 0.565. The van der Waals surface area contributed by atoms with Crippen molar-refractivity contribution >= 4 is 11.8 Å². The van der Waals surface area contributed by atoms with Gasteiger partial charge in [-0.05, 0) is 24.3 Å². The number of imidazole rings is 1. The SMILES string of the molecule is O=C(Oc1ccc([NH2+]O)cc1)n1cnc(-c2cccnc2)c1. The zero-order valence-corrected chi connectivity index (χ0v) is 11.5. The average molecular weight is 297 g/mol. The van der Waals surface area contributed by atoms with E-state index in [-0.39, 0.29) is 0 Å². The molecule has 0 atom stereocenters. The van der Waals surface area contributed by atoms with Crippen molar-refractivity contribution in [2.24, 2.45) is 0 Å². The van der Waals surface area contributed by atoms with Gasteiger partial charge in [0.2, 0.25) is 0 Å². The van der Waals surface area contributed by atoms with Gasteiger partial charge >= 0.3 is 6.09 Å². The van der Waals surface area contributed by atoms with Crippen LogP contribution in [-0.4, -0.2) is 25.8 Å². The number of hydrogen-bond donors (Lipinski definition) is 2. The lowest BCUT2D eigenvalue weighted by Gasteiger charge is -2.03. The molecular weight excluding hydrogens is 284 g/mol. The van der Waals surface area contributed by atoms with E-state index in [1.807, 2.05) is 6.07 Å². The van der Waals surface area contributed by atoms with Crippen LogP contribution < -0.4 is 10.2 Å². The highest BCUT2D eigenvalue weighted by Crippen LogP contribution is 2.16. The molecule has 2 aromatic heterocycles. The molecule has 0 fully saturated rings. The van der Waals surface area contributed by atoms with Crippen LogP contribution in [0.15, 0.2) is 61.3 Å². The molecule has 3 N–H and O–H groups in total. The van der Waals surface area contributed by atoms with E-state index in [9.17, 15) is 4.79 Å². The van der Waals surface area contributed by atoms with Gasteiger partial charge in [0.25, 0.3) is 0 Å². The molecule has 0 aliphatic carbocycles. The third kappa shape index (κ3) is 3.00. The van der Waals surface area contributed by atoms with Crippen molar-refractivity contribution in [2.75, 3.05) is 0 Å². The summed E-state index contributed by atoms with van der Waals surface area (Å²) in [5.74, 6) is 0.382. The van der Waals surface area contributed by atoms with Crippen molar-refractivity contribution in [2.45, 2.75) is 0 Å². The molecule has 0 aliphatic rings. The summed E-state index contributed by atoms with van der Waals surface area (Å²) in [7, 11) is 0. The number of carbonyl (C=O) groups excluding carboxylic acids is 1. The Morgan fingerprint density at radius 1 is 1.23 bits per heavy atom. The van der Waals surface area contributed by atoms with Gasteiger partial charge in [-0.3, -0.25) is 4.98 Å². The predicted molar refractivity (Wildman–Crippen MR) is 76.7 cm³/mol. The van der Waals surface area contributed by atoms with Gasteiger partial charge in [-0.1, -0.05) is 0 Å². The highest BCUT2D eigenvalue weighted by atomic mass is 16.6. The van der Waals surface area contributed by atoms with Crippen LogP contribution in [0.3, 0.4) is 0 Å². The lowest BCUT2D eigenvalue weighted by atomic mass is 10.2. The lowest BCUT2D eigenvalue weighted by Crippen LogP contribution is -2.73. The highest BCUT2D eigenvalue weighted by molar-refractivity contribution is 5.74. The summed E-state index contributed by atoms with van der Waals surface area (Å²) < 4.78 is 6.48. The van der Waals surface area contributed by atoms with Crippen molar-refractivity contribution < 1.29 is 20.2 Å². The Labute approximate surface area is 125 Å². The molecule has 0 saturated carbocycles. The van der Waals surface area contributed by atoms with Crippen molar-refractivity contribution in [1.82, 2.24) is 14.5 Å². The summed E-state index contributed by atoms with van der Waals surface area (Å²) in [6.45, 7) is 0. The van der Waals surface area contributed by atoms with Crippen molar-refractivity contribution in [3.63, 3.8) is 0 Å². The molecule has 2 heterocycles. The fourth-order valence-corrected chi connectivity index (χ4v) is 1.86. The zero-order chi connectivity index (χ0) is 15.4. The Balaban J connectivity index is 1.74. The minimum absolute atomic E-state index is 0.382. The average Bonchev–Trinajstić information content (AvgIpc) is 3.06. The van der Waals surface area contributed by atoms with Crippen LogP contribution in [0.5, 0.6) is 5.75 Å². The fourth-order valence-electron chi connectivity index (χ4n) is 1.86. The number of benzene rings is 1. The first-order valence-electron chi connectivity index (χ1n) is 6.50. The van der Waals surface area contributed by atoms with Gasteiger partial charge in [-0.2, -0.15) is 5.48 Å². The van der Waals surface area contributed by atoms with Gasteiger partial charge in [-0.15, -0.1) is 0 Å². The number of hydrogen-bond acceptors (Lipinski definition) is 5. The second-order valence-electron chi connectivity index (χ2n) is 4.47. The Kier molecular flexibility index (Phi) is 3.90. The topological polar surface area (TPSA) is 93.8 Å². The van der Waals surface area contributed by atoms with Gasteiger partial charge in [0, 0.05) is 36.3 Å². The molecule has 0 aliphatic heterocycles. The maximum absolute atomic E-state index is 12.0. The normalized spacial score (nSPS) is 10.4. The van der Waals surface area contributed by atoms with E-state index >= 15 is 0 Å². The number of rotatable bonds is 3. The first kappa shape index (κ1) is 13.9. The van der Waals surface area contributed by atoms with Gasteiger partial charge in [0.15, 0.2) is 5.69 Å². The Bertz CT molecular complexity index is 769. The molecule has 110 valence electrons. The largest absolute Gasteiger partial charge is 0.424 e. The van der Waals surface area contributed by atoms with Crippen LogP contribution in [0.4, 0.5) is 10.5 Å². The number of pyridine rings is 1. The molecular formula is C15H13N4O3+. The van der Waals surface area contributed by atoms with E-state index in [1.165, 1.54) is 10.9 Å². The third-order valence-corrected chi connectivity index (χ3v) is 2.99. The Morgan fingerprint density at radius 3 is 2.73 bits per heavy atom. The summed E-state index contributed by atoms with van der Waals surface area (Å²) in [6.07, 6.45) is 5.74. The Morgan fingerprint density at radius 2 is 2.05 bits per heavy atom. The molecule has 0 saturated heterocycles. The third-order valence-electron chi connectivity index (χ3n) is 2.99. The van der Waals surface area contributed by atoms with E-state index in [1.54, 1.807) is 48.9 Å². The summed E-state index contributed by atoms with van der Waals surface area (Å²) in [5.41, 5.74) is 3.05. The number of nitrogens with two attached hydrogens (primary N) is 1. The van der Waals surface area contributed by atoms with Crippen LogP contribution in [0, 0.1) is 0 Å². The van der Waals surface area contributed by atoms with Crippen LogP contribution >= 0.6 is 0 Å². The van der Waals surface area contributed by atoms with E-state index < -0.39 is 6.09 Å². The molecule has 3 rings (SSSR count). The van der Waals surface area contributed by atoms with Crippen molar-refractivity contribution in [1.29, 1.82) is 0 Å². The molecule has 3 aromatic rings. The van der Waals surface area contributed by atoms with Crippen molar-refractivity contribution in [3.05, 3.63) is 61.3 Å². The molecule has 22 heavy (non-hydrogen) atoms. The Hall–Kier alpha value is -3.03. The zero-order valence-electron chi connectivity index (χ0n) is 11.5. The van der Waals surface area contributed by atoms with Crippen LogP contribution in [-0.2, 0) is 0 Å². The van der Waals surface area contributed by atoms with E-state index in [0.717, 1.165) is 11.0 Å². The summed E-state index contributed by atoms with van der Waals surface area (Å²) >= 11 is 0. The maximum Gasteiger partial charge on any atom is 0.424 e. The molecule has 0 unspecified atom stereocenters. The number of aromatic nitrogens is 3. The van der Waals surface area contributed by atoms with Gasteiger partial charge in [-0.25, -0.2) is 19.6 Å². The van der Waals surface area contributed by atoms with Gasteiger partial charge in [0.1, 0.15) is 12.1 Å². The number of quaternary nitrogens is 1. The fraction of sp³-hybridized carbons (Fsp3) is 0. The first-order chi connectivity index (χ1) is 10.8. The smallest absolute Gasteiger partial charge is 0.410 e. The maximum atomic E-state index is 12.0. The monoisotopic (exact) mass is 297 g/mol. The van der Waals surface area contributed by atoms with Crippen LogP contribution in [0.2, 0.25) is 0 Å². The number of ether oxygens (including phenoxy) is 1. The summed E-state index contributed by atoms with van der Waals surface area (Å²) in [6, 6.07) is 10.1. The van der Waals surface area contributed by atoms with E-state index in [4.69, 9.17) is 9.94 Å². The highest BCUT2D eigenvalue weighted by Gasteiger charge is 2.10. The summed E-state index contributed by atoms with van der Waals surface area (Å²) in [4.78, 5) is 20.2. The molecule has 0 spiro atoms. The first-order valence-corrected chi connectivity index (χ1v) is 6.50. The van der Waals surface area contributed by atoms with Gasteiger partial charge < -0.3 is 4.74 Å². The number of carbonyl (C=O) groups is 1. The van der Waals surface area contributed by atoms with E-state index in [0.29, 0.717) is 17.1 Å². The minimum Gasteiger partial charge on any atom is -0.410 e. The molecule has 0 amide bonds. The molecule has 0 bridgehead atoms. The molecule has 1 aromatic carbocycles. The molecule has 0 radical (unpaired) electrons.